The van der Waals surface area contributed by atoms with E-state index >= 15 is 0 Å². The monoisotopic (exact) mass is 287 g/mol. The fourth-order valence-electron chi connectivity index (χ4n) is 2.51. The quantitative estimate of drug-likeness (QED) is 0.776. The van der Waals surface area contributed by atoms with E-state index in [-0.39, 0.29) is 5.41 Å². The number of nitrogens with one attached hydrogen (secondary N) is 1. The van der Waals surface area contributed by atoms with Crippen molar-refractivity contribution >= 4 is 17.0 Å². The Morgan fingerprint density at radius 1 is 1.00 bits per heavy atom. The Morgan fingerprint density at radius 3 is 2.10 bits per heavy atom. The minimum atomic E-state index is 0.249. The van der Waals surface area contributed by atoms with E-state index in [4.69, 9.17) is 0 Å². The molecule has 0 aliphatic rings. The topological polar surface area (TPSA) is 12.0 Å². The van der Waals surface area contributed by atoms with Crippen molar-refractivity contribution in [2.45, 2.75) is 53.5 Å². The first-order valence-electron chi connectivity index (χ1n) is 7.18. The summed E-state index contributed by atoms with van der Waals surface area (Å²) >= 11 is 1.91. The molecule has 0 atom stereocenters. The van der Waals surface area contributed by atoms with Gasteiger partial charge in [0.15, 0.2) is 0 Å². The van der Waals surface area contributed by atoms with Crippen molar-refractivity contribution in [2.24, 2.45) is 0 Å². The lowest BCUT2D eigenvalue weighted by Gasteiger charge is -2.15. The van der Waals surface area contributed by atoms with Gasteiger partial charge in [-0.25, -0.2) is 0 Å². The molecule has 0 saturated heterocycles. The smallest absolute Gasteiger partial charge is 0.0494 e. The van der Waals surface area contributed by atoms with Gasteiger partial charge in [0.2, 0.25) is 0 Å². The molecular weight excluding hydrogens is 262 g/mol. The molecule has 0 radical (unpaired) electrons. The van der Waals surface area contributed by atoms with Crippen LogP contribution < -0.4 is 5.32 Å². The number of thiophene rings is 1. The first-order valence-corrected chi connectivity index (χ1v) is 8.00. The van der Waals surface area contributed by atoms with Crippen LogP contribution in [0.2, 0.25) is 0 Å². The maximum absolute atomic E-state index is 3.60. The van der Waals surface area contributed by atoms with E-state index in [9.17, 15) is 0 Å². The van der Waals surface area contributed by atoms with Gasteiger partial charge in [0, 0.05) is 22.0 Å². The van der Waals surface area contributed by atoms with Crippen LogP contribution in [0.25, 0.3) is 0 Å². The van der Waals surface area contributed by atoms with Crippen molar-refractivity contribution in [1.29, 1.82) is 0 Å². The number of benzene rings is 1. The largest absolute Gasteiger partial charge is 0.380 e. The lowest BCUT2D eigenvalue weighted by molar-refractivity contribution is 0.604. The Labute approximate surface area is 127 Å². The van der Waals surface area contributed by atoms with Crippen molar-refractivity contribution in [3.63, 3.8) is 0 Å². The molecule has 1 heterocycles. The van der Waals surface area contributed by atoms with Crippen LogP contribution in [-0.4, -0.2) is 0 Å². The van der Waals surface area contributed by atoms with Gasteiger partial charge in [-0.1, -0.05) is 38.5 Å². The Morgan fingerprint density at radius 2 is 1.60 bits per heavy atom. The molecule has 1 nitrogen and oxygen atoms in total. The SMILES string of the molecule is Cc1cc(C)c(NCc2ccc(C(C)(C)C)s2)c(C)c1. The molecule has 108 valence electrons. The van der Waals surface area contributed by atoms with E-state index in [0.29, 0.717) is 0 Å². The Bertz CT molecular complexity index is 579. The van der Waals surface area contributed by atoms with Crippen LogP contribution in [0.15, 0.2) is 24.3 Å². The maximum Gasteiger partial charge on any atom is 0.0494 e. The normalized spacial score (nSPS) is 11.7. The van der Waals surface area contributed by atoms with Crippen LogP contribution >= 0.6 is 11.3 Å². The lowest BCUT2D eigenvalue weighted by Crippen LogP contribution is -2.07. The molecule has 2 rings (SSSR count). The molecular formula is C18H25NS. The van der Waals surface area contributed by atoms with Gasteiger partial charge in [-0.3, -0.25) is 0 Å². The minimum Gasteiger partial charge on any atom is -0.380 e. The second-order valence-corrected chi connectivity index (χ2v) is 7.81. The standard InChI is InChI=1S/C18H25NS/c1-12-9-13(2)17(14(3)10-12)19-11-15-7-8-16(20-15)18(4,5)6/h7-10,19H,11H2,1-6H3. The third kappa shape index (κ3) is 3.43. The van der Waals surface area contributed by atoms with Gasteiger partial charge in [-0.2, -0.15) is 0 Å². The molecule has 0 fully saturated rings. The molecule has 0 aliphatic carbocycles. The van der Waals surface area contributed by atoms with E-state index in [1.54, 1.807) is 0 Å². The van der Waals surface area contributed by atoms with Crippen molar-refractivity contribution in [3.05, 3.63) is 50.7 Å². The second-order valence-electron chi connectivity index (χ2n) is 6.64. The van der Waals surface area contributed by atoms with Crippen LogP contribution in [0.4, 0.5) is 5.69 Å². The van der Waals surface area contributed by atoms with Crippen LogP contribution in [0, 0.1) is 20.8 Å². The summed E-state index contributed by atoms with van der Waals surface area (Å²) in [5.41, 5.74) is 5.52. The van der Waals surface area contributed by atoms with Crippen molar-refractivity contribution in [3.8, 4) is 0 Å². The first-order chi connectivity index (χ1) is 9.27. The summed E-state index contributed by atoms with van der Waals surface area (Å²) in [5.74, 6) is 0. The second kappa shape index (κ2) is 5.61. The van der Waals surface area contributed by atoms with Crippen molar-refractivity contribution in [1.82, 2.24) is 0 Å². The highest BCUT2D eigenvalue weighted by Gasteiger charge is 2.16. The zero-order valence-electron chi connectivity index (χ0n) is 13.4. The number of aryl methyl sites for hydroxylation is 3. The van der Waals surface area contributed by atoms with Crippen LogP contribution in [0.1, 0.15) is 47.2 Å². The predicted molar refractivity (Wildman–Crippen MR) is 91.0 cm³/mol. The van der Waals surface area contributed by atoms with Crippen LogP contribution in [-0.2, 0) is 12.0 Å². The van der Waals surface area contributed by atoms with Crippen LogP contribution in [0.5, 0.6) is 0 Å². The van der Waals surface area contributed by atoms with Crippen molar-refractivity contribution in [2.75, 3.05) is 5.32 Å². The minimum absolute atomic E-state index is 0.249. The van der Waals surface area contributed by atoms with Gasteiger partial charge in [0.1, 0.15) is 0 Å². The van der Waals surface area contributed by atoms with Gasteiger partial charge in [0.05, 0.1) is 0 Å². The van der Waals surface area contributed by atoms with Crippen LogP contribution in [0.3, 0.4) is 0 Å². The van der Waals surface area contributed by atoms with E-state index < -0.39 is 0 Å². The molecule has 2 heteroatoms. The molecule has 20 heavy (non-hydrogen) atoms. The summed E-state index contributed by atoms with van der Waals surface area (Å²) in [6, 6.07) is 8.99. The highest BCUT2D eigenvalue weighted by atomic mass is 32.1. The average molecular weight is 287 g/mol. The molecule has 1 aromatic heterocycles. The summed E-state index contributed by atoms with van der Waals surface area (Å²) in [6.07, 6.45) is 0. The zero-order chi connectivity index (χ0) is 14.9. The first kappa shape index (κ1) is 15.1. The summed E-state index contributed by atoms with van der Waals surface area (Å²) in [6.45, 7) is 14.2. The van der Waals surface area contributed by atoms with Gasteiger partial charge >= 0.3 is 0 Å². The van der Waals surface area contributed by atoms with Gasteiger partial charge in [-0.05, 0) is 49.4 Å². The zero-order valence-corrected chi connectivity index (χ0v) is 14.2. The molecule has 0 bridgehead atoms. The summed E-state index contributed by atoms with van der Waals surface area (Å²) in [5, 5.41) is 3.60. The maximum atomic E-state index is 3.60. The molecule has 0 amide bonds. The summed E-state index contributed by atoms with van der Waals surface area (Å²) < 4.78 is 0. The summed E-state index contributed by atoms with van der Waals surface area (Å²) in [4.78, 5) is 2.85. The molecule has 1 aromatic carbocycles. The van der Waals surface area contributed by atoms with E-state index in [2.05, 4.69) is 71.1 Å². The fourth-order valence-corrected chi connectivity index (χ4v) is 3.52. The van der Waals surface area contributed by atoms with Gasteiger partial charge in [0.25, 0.3) is 0 Å². The number of hydrogen-bond acceptors (Lipinski definition) is 2. The molecule has 0 saturated carbocycles. The average Bonchev–Trinajstić information content (AvgIpc) is 2.75. The summed E-state index contributed by atoms with van der Waals surface area (Å²) in [7, 11) is 0. The third-order valence-electron chi connectivity index (χ3n) is 3.52. The molecule has 1 N–H and O–H groups in total. The fraction of sp³-hybridized carbons (Fsp3) is 0.444. The van der Waals surface area contributed by atoms with E-state index in [0.717, 1.165) is 6.54 Å². The Balaban J connectivity index is 2.12. The molecule has 2 aromatic rings. The number of rotatable bonds is 3. The highest BCUT2D eigenvalue weighted by Crippen LogP contribution is 2.30. The molecule has 0 unspecified atom stereocenters. The molecule has 0 aliphatic heterocycles. The Hall–Kier alpha value is -1.28. The predicted octanol–water partition coefficient (Wildman–Crippen LogP) is 5.58. The number of hydrogen-bond donors (Lipinski definition) is 1. The van der Waals surface area contributed by atoms with Gasteiger partial charge in [-0.15, -0.1) is 11.3 Å². The Kier molecular flexibility index (Phi) is 4.24. The highest BCUT2D eigenvalue weighted by molar-refractivity contribution is 7.12. The van der Waals surface area contributed by atoms with E-state index in [1.807, 2.05) is 11.3 Å². The van der Waals surface area contributed by atoms with Crippen molar-refractivity contribution < 1.29 is 0 Å². The lowest BCUT2D eigenvalue weighted by atomic mass is 9.95. The number of anilines is 1. The third-order valence-corrected chi connectivity index (χ3v) is 5.03. The molecule has 0 spiro atoms. The van der Waals surface area contributed by atoms with E-state index in [1.165, 1.54) is 32.1 Å². The van der Waals surface area contributed by atoms with Gasteiger partial charge < -0.3 is 5.32 Å².